The molecule has 0 radical (unpaired) electrons. The number of rotatable bonds is 6. The van der Waals surface area contributed by atoms with Crippen LogP contribution < -0.4 is 10.1 Å². The number of nitrogens with zero attached hydrogens (tertiary/aromatic N) is 1. The van der Waals surface area contributed by atoms with Gasteiger partial charge in [-0.1, -0.05) is 35.5 Å². The monoisotopic (exact) mass is 336 g/mol. The molecule has 0 aliphatic carbocycles. The van der Waals surface area contributed by atoms with Crippen molar-refractivity contribution in [3.63, 3.8) is 0 Å². The molecule has 2 aromatic carbocycles. The molecule has 1 heterocycles. The Hall–Kier alpha value is -3.08. The van der Waals surface area contributed by atoms with E-state index in [1.165, 1.54) is 0 Å². The van der Waals surface area contributed by atoms with Crippen LogP contribution in [0.3, 0.4) is 0 Å². The first-order valence-electron chi connectivity index (χ1n) is 8.18. The summed E-state index contributed by atoms with van der Waals surface area (Å²) in [6.07, 6.45) is 0.121. The molecule has 25 heavy (non-hydrogen) atoms. The molecule has 5 nitrogen and oxygen atoms in total. The Morgan fingerprint density at radius 3 is 2.52 bits per heavy atom. The van der Waals surface area contributed by atoms with Gasteiger partial charge in [-0.25, -0.2) is 0 Å². The van der Waals surface area contributed by atoms with Gasteiger partial charge in [0.25, 0.3) is 5.91 Å². The molecule has 0 spiro atoms. The molecule has 0 aliphatic heterocycles. The lowest BCUT2D eigenvalue weighted by atomic mass is 10.1. The third-order valence-electron chi connectivity index (χ3n) is 3.55. The van der Waals surface area contributed by atoms with Gasteiger partial charge in [0.1, 0.15) is 5.75 Å². The predicted octanol–water partition coefficient (Wildman–Crippen LogP) is 4.06. The minimum Gasteiger partial charge on any atom is -0.491 e. The number of carbonyl (C=O) groups is 1. The van der Waals surface area contributed by atoms with Crippen LogP contribution in [0.2, 0.25) is 0 Å². The zero-order valence-electron chi connectivity index (χ0n) is 14.2. The molecular weight excluding hydrogens is 316 g/mol. The Kier molecular flexibility index (Phi) is 5.14. The third kappa shape index (κ3) is 4.47. The van der Waals surface area contributed by atoms with Crippen LogP contribution in [0.4, 0.5) is 0 Å². The molecule has 0 bridgehead atoms. The number of nitrogens with one attached hydrogen (secondary N) is 1. The van der Waals surface area contributed by atoms with Gasteiger partial charge < -0.3 is 14.6 Å². The highest BCUT2D eigenvalue weighted by Gasteiger charge is 2.13. The third-order valence-corrected chi connectivity index (χ3v) is 3.55. The van der Waals surface area contributed by atoms with Crippen molar-refractivity contribution in [2.75, 3.05) is 0 Å². The second-order valence-electron chi connectivity index (χ2n) is 5.94. The van der Waals surface area contributed by atoms with E-state index in [4.69, 9.17) is 9.26 Å². The molecule has 0 aliphatic rings. The van der Waals surface area contributed by atoms with Crippen molar-refractivity contribution in [3.8, 4) is 17.1 Å². The van der Waals surface area contributed by atoms with Gasteiger partial charge in [-0.15, -0.1) is 0 Å². The molecule has 1 N–H and O–H groups in total. The molecule has 0 unspecified atom stereocenters. The molecule has 5 heteroatoms. The van der Waals surface area contributed by atoms with Crippen molar-refractivity contribution >= 4 is 5.91 Å². The van der Waals surface area contributed by atoms with E-state index < -0.39 is 0 Å². The highest BCUT2D eigenvalue weighted by molar-refractivity contribution is 5.93. The molecule has 0 atom stereocenters. The first-order chi connectivity index (χ1) is 12.1. The van der Waals surface area contributed by atoms with Crippen LogP contribution in [-0.2, 0) is 6.54 Å². The molecule has 1 aromatic heterocycles. The summed E-state index contributed by atoms with van der Waals surface area (Å²) < 4.78 is 10.9. The fraction of sp³-hybridized carbons (Fsp3) is 0.200. The second kappa shape index (κ2) is 7.66. The largest absolute Gasteiger partial charge is 0.491 e. The maximum atomic E-state index is 12.2. The summed E-state index contributed by atoms with van der Waals surface area (Å²) in [5.41, 5.74) is 2.12. The number of benzene rings is 2. The van der Waals surface area contributed by atoms with Gasteiger partial charge in [0.2, 0.25) is 0 Å². The quantitative estimate of drug-likeness (QED) is 0.737. The Balaban J connectivity index is 1.64. The fourth-order valence-corrected chi connectivity index (χ4v) is 2.36. The van der Waals surface area contributed by atoms with Crippen molar-refractivity contribution in [1.29, 1.82) is 0 Å². The molecule has 1 amide bonds. The molecule has 3 aromatic rings. The van der Waals surface area contributed by atoms with Crippen LogP contribution in [0.25, 0.3) is 11.3 Å². The normalized spacial score (nSPS) is 10.7. The lowest BCUT2D eigenvalue weighted by Gasteiger charge is -2.09. The van der Waals surface area contributed by atoms with Crippen LogP contribution >= 0.6 is 0 Å². The van der Waals surface area contributed by atoms with Gasteiger partial charge >= 0.3 is 0 Å². The van der Waals surface area contributed by atoms with E-state index in [0.29, 0.717) is 12.3 Å². The van der Waals surface area contributed by atoms with Crippen LogP contribution in [0.5, 0.6) is 5.75 Å². The SMILES string of the molecule is CC(C)Oc1ccc(-c2cc(C(=O)NCc3ccccc3)no2)cc1. The topological polar surface area (TPSA) is 64.4 Å². The zero-order chi connectivity index (χ0) is 17.6. The highest BCUT2D eigenvalue weighted by atomic mass is 16.5. The number of hydrogen-bond acceptors (Lipinski definition) is 4. The summed E-state index contributed by atoms with van der Waals surface area (Å²) >= 11 is 0. The molecular formula is C20H20N2O3. The smallest absolute Gasteiger partial charge is 0.273 e. The van der Waals surface area contributed by atoms with Crippen molar-refractivity contribution in [2.45, 2.75) is 26.5 Å². The van der Waals surface area contributed by atoms with Crippen molar-refractivity contribution in [1.82, 2.24) is 10.5 Å². The lowest BCUT2D eigenvalue weighted by molar-refractivity contribution is 0.0942. The molecule has 128 valence electrons. The average Bonchev–Trinajstić information content (AvgIpc) is 3.11. The minimum absolute atomic E-state index is 0.121. The van der Waals surface area contributed by atoms with Crippen LogP contribution in [-0.4, -0.2) is 17.2 Å². The van der Waals surface area contributed by atoms with Gasteiger partial charge in [-0.2, -0.15) is 0 Å². The average molecular weight is 336 g/mol. The summed E-state index contributed by atoms with van der Waals surface area (Å²) in [4.78, 5) is 12.2. The molecule has 0 saturated heterocycles. The number of carbonyl (C=O) groups excluding carboxylic acids is 1. The minimum atomic E-state index is -0.265. The van der Waals surface area contributed by atoms with Gasteiger partial charge in [0, 0.05) is 18.2 Å². The van der Waals surface area contributed by atoms with E-state index >= 15 is 0 Å². The number of aromatic nitrogens is 1. The molecule has 3 rings (SSSR count). The summed E-state index contributed by atoms with van der Waals surface area (Å²) in [5, 5.41) is 6.69. The van der Waals surface area contributed by atoms with Crippen molar-refractivity contribution in [3.05, 3.63) is 71.9 Å². The summed E-state index contributed by atoms with van der Waals surface area (Å²) in [6, 6.07) is 18.8. The Morgan fingerprint density at radius 2 is 1.84 bits per heavy atom. The van der Waals surface area contributed by atoms with E-state index in [9.17, 15) is 4.79 Å². The Morgan fingerprint density at radius 1 is 1.12 bits per heavy atom. The van der Waals surface area contributed by atoms with Crippen LogP contribution in [0, 0.1) is 0 Å². The van der Waals surface area contributed by atoms with Gasteiger partial charge in [0.15, 0.2) is 11.5 Å². The summed E-state index contributed by atoms with van der Waals surface area (Å²) in [7, 11) is 0. The van der Waals surface area contributed by atoms with Crippen molar-refractivity contribution < 1.29 is 14.1 Å². The van der Waals surface area contributed by atoms with Crippen LogP contribution in [0.1, 0.15) is 29.9 Å². The standard InChI is InChI=1S/C20H20N2O3/c1-14(2)24-17-10-8-16(9-11-17)19-12-18(22-25-19)20(23)21-13-15-6-4-3-5-7-15/h3-12,14H,13H2,1-2H3,(H,21,23). The first kappa shape index (κ1) is 16.8. The lowest BCUT2D eigenvalue weighted by Crippen LogP contribution is -2.22. The number of amides is 1. The van der Waals surface area contributed by atoms with Gasteiger partial charge in [-0.05, 0) is 43.7 Å². The first-order valence-corrected chi connectivity index (χ1v) is 8.18. The van der Waals surface area contributed by atoms with E-state index in [-0.39, 0.29) is 17.7 Å². The zero-order valence-corrected chi connectivity index (χ0v) is 14.2. The maximum absolute atomic E-state index is 12.2. The predicted molar refractivity (Wildman–Crippen MR) is 95.3 cm³/mol. The van der Waals surface area contributed by atoms with Gasteiger partial charge in [-0.3, -0.25) is 4.79 Å². The number of ether oxygens (including phenoxy) is 1. The van der Waals surface area contributed by atoms with Crippen molar-refractivity contribution in [2.24, 2.45) is 0 Å². The highest BCUT2D eigenvalue weighted by Crippen LogP contribution is 2.23. The van der Waals surface area contributed by atoms with E-state index in [2.05, 4.69) is 10.5 Å². The van der Waals surface area contributed by atoms with E-state index in [1.54, 1.807) is 6.07 Å². The number of hydrogen-bond donors (Lipinski definition) is 1. The second-order valence-corrected chi connectivity index (χ2v) is 5.94. The van der Waals surface area contributed by atoms with E-state index in [0.717, 1.165) is 16.9 Å². The Labute approximate surface area is 146 Å². The Bertz CT molecular complexity index is 824. The maximum Gasteiger partial charge on any atom is 0.273 e. The van der Waals surface area contributed by atoms with E-state index in [1.807, 2.05) is 68.4 Å². The summed E-state index contributed by atoms with van der Waals surface area (Å²) in [5.74, 6) is 1.07. The van der Waals surface area contributed by atoms with Crippen LogP contribution in [0.15, 0.2) is 65.2 Å². The summed E-state index contributed by atoms with van der Waals surface area (Å²) in [6.45, 7) is 4.40. The van der Waals surface area contributed by atoms with Gasteiger partial charge in [0.05, 0.1) is 6.10 Å². The fourth-order valence-electron chi connectivity index (χ4n) is 2.36. The molecule has 0 fully saturated rings. The molecule has 0 saturated carbocycles.